The molecule has 5 rings (SSSR count). The number of para-hydroxylation sites is 1. The Morgan fingerprint density at radius 3 is 2.39 bits per heavy atom. The molecule has 3 aromatic carbocycles. The van der Waals surface area contributed by atoms with Gasteiger partial charge in [-0.25, -0.2) is 9.59 Å². The van der Waals surface area contributed by atoms with Crippen LogP contribution in [-0.4, -0.2) is 78.0 Å². The highest BCUT2D eigenvalue weighted by molar-refractivity contribution is 6.33. The maximum atomic E-state index is 13.6. The van der Waals surface area contributed by atoms with Crippen LogP contribution < -0.4 is 10.1 Å². The van der Waals surface area contributed by atoms with E-state index in [1.807, 2.05) is 73.3 Å². The van der Waals surface area contributed by atoms with E-state index in [1.165, 1.54) is 0 Å². The molecular weight excluding hydrogens is 580 g/mol. The molecule has 9 nitrogen and oxygen atoms in total. The van der Waals surface area contributed by atoms with Crippen molar-refractivity contribution in [3.63, 3.8) is 0 Å². The number of ether oxygens (including phenoxy) is 2. The van der Waals surface area contributed by atoms with Gasteiger partial charge in [-0.05, 0) is 62.7 Å². The van der Waals surface area contributed by atoms with Gasteiger partial charge in [-0.3, -0.25) is 14.6 Å². The fourth-order valence-electron chi connectivity index (χ4n) is 5.77. The van der Waals surface area contributed by atoms with Gasteiger partial charge in [-0.15, -0.1) is 0 Å². The number of hydrogen-bond acceptors (Lipinski definition) is 6. The van der Waals surface area contributed by atoms with Crippen molar-refractivity contribution in [2.24, 2.45) is 0 Å². The molecule has 0 aromatic heterocycles. The van der Waals surface area contributed by atoms with Crippen LogP contribution in [-0.2, 0) is 9.53 Å². The zero-order valence-corrected chi connectivity index (χ0v) is 25.9. The van der Waals surface area contributed by atoms with E-state index in [0.717, 1.165) is 0 Å². The Morgan fingerprint density at radius 1 is 0.955 bits per heavy atom. The fraction of sp³-hybridized carbons (Fsp3) is 0.324. The Balaban J connectivity index is 1.44. The van der Waals surface area contributed by atoms with Crippen molar-refractivity contribution >= 4 is 29.5 Å². The highest BCUT2D eigenvalue weighted by Gasteiger charge is 2.39. The lowest BCUT2D eigenvalue weighted by Crippen LogP contribution is -2.56. The highest BCUT2D eigenvalue weighted by Crippen LogP contribution is 2.34. The predicted octanol–water partition coefficient (Wildman–Crippen LogP) is 5.88. The van der Waals surface area contributed by atoms with E-state index in [9.17, 15) is 14.4 Å². The Bertz CT molecular complexity index is 1550. The van der Waals surface area contributed by atoms with Crippen LogP contribution in [0.3, 0.4) is 0 Å². The number of piperazine rings is 1. The van der Waals surface area contributed by atoms with Crippen molar-refractivity contribution in [1.82, 2.24) is 20.0 Å². The van der Waals surface area contributed by atoms with Gasteiger partial charge in [-0.1, -0.05) is 54.1 Å². The smallest absolute Gasteiger partial charge is 0.338 e. The summed E-state index contributed by atoms with van der Waals surface area (Å²) in [5, 5.41) is 3.45. The molecule has 0 bridgehead atoms. The third-order valence-corrected chi connectivity index (χ3v) is 8.20. The van der Waals surface area contributed by atoms with Gasteiger partial charge in [0.25, 0.3) is 5.91 Å². The first-order chi connectivity index (χ1) is 21.3. The van der Waals surface area contributed by atoms with Gasteiger partial charge in [0, 0.05) is 44.5 Å². The maximum Gasteiger partial charge on any atom is 0.338 e. The number of benzene rings is 3. The lowest BCUT2D eigenvalue weighted by molar-refractivity contribution is -0.139. The minimum absolute atomic E-state index is 0.112. The third-order valence-electron chi connectivity index (χ3n) is 7.87. The summed E-state index contributed by atoms with van der Waals surface area (Å²) in [4.78, 5) is 46.0. The summed E-state index contributed by atoms with van der Waals surface area (Å²) in [6.45, 7) is 8.13. The van der Waals surface area contributed by atoms with E-state index in [4.69, 9.17) is 21.1 Å². The molecular formula is C34H37ClN4O5. The number of rotatable bonds is 9. The molecule has 10 heteroatoms. The summed E-state index contributed by atoms with van der Waals surface area (Å²) >= 11 is 6.32. The van der Waals surface area contributed by atoms with Gasteiger partial charge in [0.2, 0.25) is 0 Å². The van der Waals surface area contributed by atoms with Crippen LogP contribution >= 0.6 is 11.6 Å². The number of carbonyl (C=O) groups is 3. The molecule has 0 saturated carbocycles. The molecule has 0 spiro atoms. The molecule has 0 radical (unpaired) electrons. The summed E-state index contributed by atoms with van der Waals surface area (Å²) in [7, 11) is 0. The van der Waals surface area contributed by atoms with Crippen LogP contribution in [0, 0.1) is 0 Å². The largest absolute Gasteiger partial charge is 0.463 e. The Morgan fingerprint density at radius 2 is 1.68 bits per heavy atom. The number of urea groups is 1. The molecule has 3 amide bonds. The molecule has 2 heterocycles. The summed E-state index contributed by atoms with van der Waals surface area (Å²) in [6.07, 6.45) is 0. The van der Waals surface area contributed by atoms with E-state index in [1.54, 1.807) is 36.1 Å². The monoisotopic (exact) mass is 616 g/mol. The number of halogens is 1. The van der Waals surface area contributed by atoms with Crippen LogP contribution in [0.1, 0.15) is 42.7 Å². The highest BCUT2D eigenvalue weighted by atomic mass is 35.5. The van der Waals surface area contributed by atoms with Crippen molar-refractivity contribution in [2.45, 2.75) is 32.9 Å². The van der Waals surface area contributed by atoms with Gasteiger partial charge in [0.1, 0.15) is 11.5 Å². The average Bonchev–Trinajstić information content (AvgIpc) is 3.02. The van der Waals surface area contributed by atoms with E-state index >= 15 is 0 Å². The molecule has 44 heavy (non-hydrogen) atoms. The number of carbonyl (C=O) groups excluding carboxylic acids is 3. The number of esters is 1. The van der Waals surface area contributed by atoms with E-state index < -0.39 is 12.0 Å². The summed E-state index contributed by atoms with van der Waals surface area (Å²) in [6, 6.07) is 22.7. The van der Waals surface area contributed by atoms with Crippen molar-refractivity contribution < 1.29 is 23.9 Å². The number of likely N-dealkylation sites (N-methyl/N-ethyl adjacent to an activating group) is 1. The third kappa shape index (κ3) is 6.74. The van der Waals surface area contributed by atoms with E-state index in [2.05, 4.69) is 10.2 Å². The molecule has 1 saturated heterocycles. The Labute approximate surface area is 263 Å². The fourth-order valence-corrected chi connectivity index (χ4v) is 5.99. The van der Waals surface area contributed by atoms with Crippen LogP contribution in [0.15, 0.2) is 90.1 Å². The number of hydrogen-bond donors (Lipinski definition) is 1. The summed E-state index contributed by atoms with van der Waals surface area (Å²) in [5.74, 6) is 0.663. The van der Waals surface area contributed by atoms with Gasteiger partial charge in [-0.2, -0.15) is 0 Å². The molecule has 2 atom stereocenters. The number of nitrogens with zero attached hydrogens (tertiary/aromatic N) is 3. The predicted molar refractivity (Wildman–Crippen MR) is 169 cm³/mol. The zero-order valence-electron chi connectivity index (χ0n) is 25.2. The Hall–Kier alpha value is -4.34. The van der Waals surface area contributed by atoms with Crippen LogP contribution in [0.2, 0.25) is 5.02 Å². The number of amides is 3. The molecule has 2 aliphatic rings. The maximum absolute atomic E-state index is 13.6. The number of nitrogens with one attached hydrogen (secondary N) is 1. The van der Waals surface area contributed by atoms with Crippen LogP contribution in [0.4, 0.5) is 4.79 Å². The molecule has 2 unspecified atom stereocenters. The first-order valence-electron chi connectivity index (χ1n) is 14.9. The summed E-state index contributed by atoms with van der Waals surface area (Å²) < 4.78 is 11.6. The minimum atomic E-state index is -0.737. The normalized spacial score (nSPS) is 19.0. The minimum Gasteiger partial charge on any atom is -0.463 e. The van der Waals surface area contributed by atoms with Gasteiger partial charge < -0.3 is 19.7 Å². The first kappa shape index (κ1) is 31.1. The quantitative estimate of drug-likeness (QED) is 0.302. The molecule has 1 fully saturated rings. The van der Waals surface area contributed by atoms with Gasteiger partial charge in [0.15, 0.2) is 0 Å². The molecule has 0 aliphatic carbocycles. The van der Waals surface area contributed by atoms with Crippen molar-refractivity contribution in [2.75, 3.05) is 39.3 Å². The van der Waals surface area contributed by atoms with Gasteiger partial charge in [0.05, 0.1) is 28.8 Å². The second-order valence-corrected chi connectivity index (χ2v) is 11.2. The topological polar surface area (TPSA) is 91.4 Å². The standard InChI is InChI=1S/C34H37ClN4O5/c1-4-38-29(22-37-18-19-39(23(3)21-37)32(40)27-16-9-10-17-28(27)35)30(33(41)43-5-2)31(36-34(38)42)24-12-11-15-26(20-24)44-25-13-7-6-8-14-25/h6-17,20,23,31H,4-5,18-19,21-22H2,1-3H3,(H,36,42). The second-order valence-electron chi connectivity index (χ2n) is 10.8. The van der Waals surface area contributed by atoms with Crippen molar-refractivity contribution in [3.8, 4) is 11.5 Å². The lowest BCUT2D eigenvalue weighted by atomic mass is 9.93. The average molecular weight is 617 g/mol. The zero-order chi connectivity index (χ0) is 31.2. The first-order valence-corrected chi connectivity index (χ1v) is 15.3. The van der Waals surface area contributed by atoms with Crippen molar-refractivity contribution in [1.29, 1.82) is 0 Å². The summed E-state index contributed by atoms with van der Waals surface area (Å²) in [5.41, 5.74) is 2.15. The van der Waals surface area contributed by atoms with Crippen LogP contribution in [0.5, 0.6) is 11.5 Å². The van der Waals surface area contributed by atoms with Crippen LogP contribution in [0.25, 0.3) is 0 Å². The van der Waals surface area contributed by atoms with E-state index in [-0.39, 0.29) is 24.6 Å². The molecule has 3 aromatic rings. The Kier molecular flexibility index (Phi) is 9.87. The second kappa shape index (κ2) is 14.0. The molecule has 2 aliphatic heterocycles. The van der Waals surface area contributed by atoms with Gasteiger partial charge >= 0.3 is 12.0 Å². The SMILES string of the molecule is CCOC(=O)C1=C(CN2CCN(C(=O)c3ccccc3Cl)C(C)C2)N(CC)C(=O)NC1c1cccc(Oc2ccccc2)c1. The van der Waals surface area contributed by atoms with Crippen molar-refractivity contribution in [3.05, 3.63) is 106 Å². The van der Waals surface area contributed by atoms with E-state index in [0.29, 0.717) is 71.6 Å². The lowest BCUT2D eigenvalue weighted by Gasteiger charge is -2.43. The molecule has 230 valence electrons. The molecule has 1 N–H and O–H groups in total.